The molecule has 0 aliphatic carbocycles. The number of aromatic carboxylic acids is 1. The fourth-order valence-corrected chi connectivity index (χ4v) is 2.11. The first-order valence-electron chi connectivity index (χ1n) is 4.96. The number of hydrogen-bond donors (Lipinski definition) is 1. The van der Waals surface area contributed by atoms with Crippen LogP contribution in [0.4, 0.5) is 5.13 Å². The van der Waals surface area contributed by atoms with E-state index in [1.165, 1.54) is 16.7 Å². The molecule has 88 valence electrons. The molecule has 0 spiro atoms. The minimum absolute atomic E-state index is 0.0814. The van der Waals surface area contributed by atoms with E-state index in [4.69, 9.17) is 5.11 Å². The van der Waals surface area contributed by atoms with E-state index in [1.54, 1.807) is 6.20 Å². The summed E-state index contributed by atoms with van der Waals surface area (Å²) >= 11 is 1.31. The Kier molecular flexibility index (Phi) is 3.34. The number of thiazole rings is 1. The van der Waals surface area contributed by atoms with Gasteiger partial charge in [-0.25, -0.2) is 9.78 Å². The largest absolute Gasteiger partial charge is 0.476 e. The summed E-state index contributed by atoms with van der Waals surface area (Å²) in [4.78, 5) is 20.8. The van der Waals surface area contributed by atoms with E-state index in [0.717, 1.165) is 5.69 Å². The lowest BCUT2D eigenvalue weighted by Gasteiger charge is -2.14. The van der Waals surface area contributed by atoms with Crippen LogP contribution >= 0.6 is 11.3 Å². The van der Waals surface area contributed by atoms with Gasteiger partial charge in [0, 0.05) is 18.6 Å². The molecule has 0 bridgehead atoms. The van der Waals surface area contributed by atoms with Crippen LogP contribution in [-0.4, -0.2) is 28.1 Å². The Hall–Kier alpha value is -1.95. The molecule has 0 fully saturated rings. The molecule has 2 rings (SSSR count). The fourth-order valence-electron chi connectivity index (χ4n) is 1.34. The normalized spacial score (nSPS) is 10.2. The monoisotopic (exact) mass is 249 g/mol. The molecular weight excluding hydrogens is 238 g/mol. The van der Waals surface area contributed by atoms with Gasteiger partial charge in [0.05, 0.1) is 12.2 Å². The lowest BCUT2D eigenvalue weighted by Crippen LogP contribution is -2.17. The van der Waals surface area contributed by atoms with Crippen molar-refractivity contribution in [2.45, 2.75) is 6.54 Å². The van der Waals surface area contributed by atoms with Crippen molar-refractivity contribution in [2.24, 2.45) is 0 Å². The summed E-state index contributed by atoms with van der Waals surface area (Å²) in [7, 11) is 1.86. The third-order valence-corrected chi connectivity index (χ3v) is 3.12. The number of carboxylic acids is 1. The highest BCUT2D eigenvalue weighted by molar-refractivity contribution is 7.13. The van der Waals surface area contributed by atoms with Crippen molar-refractivity contribution in [1.29, 1.82) is 0 Å². The van der Waals surface area contributed by atoms with Gasteiger partial charge in [0.15, 0.2) is 10.8 Å². The van der Waals surface area contributed by atoms with Crippen LogP contribution < -0.4 is 4.90 Å². The van der Waals surface area contributed by atoms with Crippen LogP contribution in [0.15, 0.2) is 29.8 Å². The maximum Gasteiger partial charge on any atom is 0.355 e. The summed E-state index contributed by atoms with van der Waals surface area (Å²) in [5.74, 6) is -1.00. The smallest absolute Gasteiger partial charge is 0.355 e. The van der Waals surface area contributed by atoms with E-state index in [0.29, 0.717) is 11.7 Å². The Morgan fingerprint density at radius 2 is 2.35 bits per heavy atom. The lowest BCUT2D eigenvalue weighted by atomic mass is 10.3. The second-order valence-electron chi connectivity index (χ2n) is 3.50. The molecule has 0 aliphatic heterocycles. The third kappa shape index (κ3) is 2.79. The summed E-state index contributed by atoms with van der Waals surface area (Å²) in [5, 5.41) is 11.0. The molecule has 2 aromatic heterocycles. The number of aromatic nitrogens is 2. The fraction of sp³-hybridized carbons (Fsp3) is 0.182. The summed E-state index contributed by atoms with van der Waals surface area (Å²) in [6.07, 6.45) is 1.73. The minimum atomic E-state index is -1.00. The first-order chi connectivity index (χ1) is 8.16. The van der Waals surface area contributed by atoms with Crippen molar-refractivity contribution in [2.75, 3.05) is 11.9 Å². The van der Waals surface area contributed by atoms with Gasteiger partial charge in [-0.05, 0) is 12.1 Å². The van der Waals surface area contributed by atoms with Gasteiger partial charge in [-0.3, -0.25) is 4.98 Å². The van der Waals surface area contributed by atoms with E-state index < -0.39 is 5.97 Å². The number of carboxylic acid groups (broad SMARTS) is 1. The van der Waals surface area contributed by atoms with Gasteiger partial charge in [0.2, 0.25) is 0 Å². The number of nitrogens with zero attached hydrogens (tertiary/aromatic N) is 3. The molecule has 0 saturated carbocycles. The molecule has 0 saturated heterocycles. The van der Waals surface area contributed by atoms with E-state index >= 15 is 0 Å². The van der Waals surface area contributed by atoms with Gasteiger partial charge >= 0.3 is 5.97 Å². The molecule has 0 amide bonds. The summed E-state index contributed by atoms with van der Waals surface area (Å²) in [6, 6.07) is 5.69. The van der Waals surface area contributed by atoms with Crippen LogP contribution in [0.2, 0.25) is 0 Å². The Bertz CT molecular complexity index is 512. The zero-order valence-electron chi connectivity index (χ0n) is 9.20. The van der Waals surface area contributed by atoms with Crippen LogP contribution in [0.3, 0.4) is 0 Å². The topological polar surface area (TPSA) is 66.3 Å². The van der Waals surface area contributed by atoms with E-state index in [-0.39, 0.29) is 5.69 Å². The van der Waals surface area contributed by atoms with Crippen molar-refractivity contribution >= 4 is 22.4 Å². The number of rotatable bonds is 4. The number of anilines is 1. The molecule has 2 aromatic rings. The van der Waals surface area contributed by atoms with Crippen LogP contribution in [0, 0.1) is 0 Å². The van der Waals surface area contributed by atoms with Gasteiger partial charge in [0.25, 0.3) is 0 Å². The van der Waals surface area contributed by atoms with Crippen LogP contribution in [0.25, 0.3) is 0 Å². The highest BCUT2D eigenvalue weighted by Crippen LogP contribution is 2.20. The molecular formula is C11H11N3O2S. The van der Waals surface area contributed by atoms with Crippen LogP contribution in [0.1, 0.15) is 16.2 Å². The molecule has 1 N–H and O–H groups in total. The quantitative estimate of drug-likeness (QED) is 0.896. The predicted molar refractivity (Wildman–Crippen MR) is 65.4 cm³/mol. The molecule has 0 unspecified atom stereocenters. The maximum atomic E-state index is 10.7. The molecule has 0 radical (unpaired) electrons. The third-order valence-electron chi connectivity index (χ3n) is 2.16. The van der Waals surface area contributed by atoms with Gasteiger partial charge in [-0.1, -0.05) is 6.07 Å². The average Bonchev–Trinajstić information content (AvgIpc) is 2.79. The van der Waals surface area contributed by atoms with E-state index in [9.17, 15) is 4.79 Å². The highest BCUT2D eigenvalue weighted by atomic mass is 32.1. The van der Waals surface area contributed by atoms with Gasteiger partial charge in [-0.2, -0.15) is 0 Å². The summed E-state index contributed by atoms with van der Waals surface area (Å²) in [6.45, 7) is 0.605. The zero-order chi connectivity index (χ0) is 12.3. The lowest BCUT2D eigenvalue weighted by molar-refractivity contribution is 0.0691. The number of carbonyl (C=O) groups is 1. The molecule has 0 aromatic carbocycles. The number of hydrogen-bond acceptors (Lipinski definition) is 5. The number of pyridine rings is 1. The van der Waals surface area contributed by atoms with Gasteiger partial charge in [-0.15, -0.1) is 11.3 Å². The Morgan fingerprint density at radius 1 is 1.53 bits per heavy atom. The molecule has 2 heterocycles. The van der Waals surface area contributed by atoms with Crippen molar-refractivity contribution < 1.29 is 9.90 Å². The molecule has 5 nitrogen and oxygen atoms in total. The standard InChI is InChI=1S/C11H11N3O2S/c1-14(6-8-4-2-3-5-12-8)11-13-9(7-17-11)10(15)16/h2-5,7H,6H2,1H3,(H,15,16). The Morgan fingerprint density at radius 3 is 2.94 bits per heavy atom. The Labute approximate surface area is 102 Å². The Balaban J connectivity index is 2.09. The van der Waals surface area contributed by atoms with Crippen molar-refractivity contribution in [1.82, 2.24) is 9.97 Å². The minimum Gasteiger partial charge on any atom is -0.476 e. The second kappa shape index (κ2) is 4.92. The summed E-state index contributed by atoms with van der Waals surface area (Å²) in [5.41, 5.74) is 1.000. The first-order valence-corrected chi connectivity index (χ1v) is 5.84. The first kappa shape index (κ1) is 11.5. The molecule has 6 heteroatoms. The maximum absolute atomic E-state index is 10.7. The van der Waals surface area contributed by atoms with Gasteiger partial charge in [0.1, 0.15) is 0 Å². The van der Waals surface area contributed by atoms with E-state index in [2.05, 4.69) is 9.97 Å². The zero-order valence-corrected chi connectivity index (χ0v) is 10.0. The van der Waals surface area contributed by atoms with Crippen molar-refractivity contribution in [3.05, 3.63) is 41.2 Å². The highest BCUT2D eigenvalue weighted by Gasteiger charge is 2.11. The van der Waals surface area contributed by atoms with Crippen molar-refractivity contribution in [3.63, 3.8) is 0 Å². The van der Waals surface area contributed by atoms with Crippen molar-refractivity contribution in [3.8, 4) is 0 Å². The predicted octanol–water partition coefficient (Wildman–Crippen LogP) is 1.87. The van der Waals surface area contributed by atoms with E-state index in [1.807, 2.05) is 30.1 Å². The van der Waals surface area contributed by atoms with Crippen LogP contribution in [0.5, 0.6) is 0 Å². The second-order valence-corrected chi connectivity index (χ2v) is 4.33. The molecule has 0 atom stereocenters. The average molecular weight is 249 g/mol. The van der Waals surface area contributed by atoms with Gasteiger partial charge < -0.3 is 10.0 Å². The SMILES string of the molecule is CN(Cc1ccccn1)c1nc(C(=O)O)cs1. The summed E-state index contributed by atoms with van der Waals surface area (Å²) < 4.78 is 0. The van der Waals surface area contributed by atoms with Crippen LogP contribution in [-0.2, 0) is 6.54 Å². The molecule has 17 heavy (non-hydrogen) atoms. The molecule has 0 aliphatic rings.